The minimum atomic E-state index is -3.85. The quantitative estimate of drug-likeness (QED) is 0.596. The molecule has 6 nitrogen and oxygen atoms in total. The smallest absolute Gasteiger partial charge is 0.243 e. The van der Waals surface area contributed by atoms with Crippen LogP contribution in [-0.4, -0.2) is 23.5 Å². The van der Waals surface area contributed by atoms with Gasteiger partial charge in [0, 0.05) is 11.8 Å². The van der Waals surface area contributed by atoms with E-state index in [0.29, 0.717) is 17.0 Å². The lowest BCUT2D eigenvalue weighted by atomic mass is 10.2. The Morgan fingerprint density at radius 3 is 2.58 bits per heavy atom. The third-order valence-corrected chi connectivity index (χ3v) is 5.64. The van der Waals surface area contributed by atoms with Crippen LogP contribution in [0.2, 0.25) is 0 Å². The molecule has 1 aromatic carbocycles. The van der Waals surface area contributed by atoms with Gasteiger partial charge in [0.15, 0.2) is 5.78 Å². The number of Topliss-reactive ketones (excluding diaryl/α,β-unsaturated/α-hetero) is 1. The fraction of sp³-hybridized carbons (Fsp3) is 0.158. The second-order valence-electron chi connectivity index (χ2n) is 5.76. The first-order valence-corrected chi connectivity index (χ1v) is 9.44. The number of aromatic nitrogens is 1. The maximum atomic E-state index is 13.2. The molecule has 0 aliphatic carbocycles. The van der Waals surface area contributed by atoms with Crippen LogP contribution < -0.4 is 0 Å². The molecular formula is C19H18N2O4S. The fourth-order valence-corrected chi connectivity index (χ4v) is 3.92. The Balaban J connectivity index is 1.98. The minimum Gasteiger partial charge on any atom is -0.468 e. The average Bonchev–Trinajstić information content (AvgIpc) is 3.15. The van der Waals surface area contributed by atoms with E-state index in [2.05, 4.69) is 4.98 Å². The van der Waals surface area contributed by atoms with Gasteiger partial charge >= 0.3 is 0 Å². The van der Waals surface area contributed by atoms with Gasteiger partial charge in [0.2, 0.25) is 10.0 Å². The van der Waals surface area contributed by atoms with Crippen molar-refractivity contribution in [1.29, 1.82) is 0 Å². The van der Waals surface area contributed by atoms with Crippen molar-refractivity contribution in [1.82, 2.24) is 9.29 Å². The standard InChI is InChI=1S/C19H18N2O4S/c1-15(22)16-6-4-9-19(12-16)26(23,24)21(14-18-8-5-11-25-18)13-17-7-2-3-10-20-17/h2-12H,13-14H2,1H3. The summed E-state index contributed by atoms with van der Waals surface area (Å²) in [5, 5.41) is 0. The summed E-state index contributed by atoms with van der Waals surface area (Å²) in [5.41, 5.74) is 0.965. The van der Waals surface area contributed by atoms with Gasteiger partial charge in [0.1, 0.15) is 5.76 Å². The Kier molecular flexibility index (Phi) is 5.29. The summed E-state index contributed by atoms with van der Waals surface area (Å²) in [6, 6.07) is 14.8. The van der Waals surface area contributed by atoms with E-state index in [1.807, 2.05) is 0 Å². The van der Waals surface area contributed by atoms with Crippen molar-refractivity contribution < 1.29 is 17.6 Å². The third-order valence-electron chi connectivity index (χ3n) is 3.86. The van der Waals surface area contributed by atoms with Gasteiger partial charge in [-0.25, -0.2) is 8.42 Å². The number of furan rings is 1. The molecule has 0 N–H and O–H groups in total. The summed E-state index contributed by atoms with van der Waals surface area (Å²) >= 11 is 0. The number of carbonyl (C=O) groups excluding carboxylic acids is 1. The number of pyridine rings is 1. The molecule has 3 rings (SSSR count). The van der Waals surface area contributed by atoms with Gasteiger partial charge in [0.25, 0.3) is 0 Å². The van der Waals surface area contributed by atoms with Crippen molar-refractivity contribution in [2.45, 2.75) is 24.9 Å². The molecule has 7 heteroatoms. The van der Waals surface area contributed by atoms with E-state index in [1.165, 1.54) is 29.6 Å². The molecule has 0 saturated heterocycles. The highest BCUT2D eigenvalue weighted by molar-refractivity contribution is 7.89. The molecule has 0 unspecified atom stereocenters. The van der Waals surface area contributed by atoms with Crippen LogP contribution in [0, 0.1) is 0 Å². The predicted molar refractivity (Wildman–Crippen MR) is 95.8 cm³/mol. The third kappa shape index (κ3) is 4.07. The molecule has 0 bridgehead atoms. The molecule has 0 radical (unpaired) electrons. The first kappa shape index (κ1) is 18.0. The van der Waals surface area contributed by atoms with Crippen molar-refractivity contribution in [2.75, 3.05) is 0 Å². The Morgan fingerprint density at radius 2 is 1.92 bits per heavy atom. The highest BCUT2D eigenvalue weighted by Crippen LogP contribution is 2.22. The summed E-state index contributed by atoms with van der Waals surface area (Å²) in [6.45, 7) is 1.56. The molecule has 134 valence electrons. The number of benzene rings is 1. The number of hydrogen-bond donors (Lipinski definition) is 0. The monoisotopic (exact) mass is 370 g/mol. The second-order valence-corrected chi connectivity index (χ2v) is 7.70. The second kappa shape index (κ2) is 7.63. The van der Waals surface area contributed by atoms with Crippen LogP contribution in [-0.2, 0) is 23.1 Å². The van der Waals surface area contributed by atoms with Gasteiger partial charge < -0.3 is 4.42 Å². The van der Waals surface area contributed by atoms with E-state index in [0.717, 1.165) is 0 Å². The van der Waals surface area contributed by atoms with Crippen LogP contribution in [0.3, 0.4) is 0 Å². The minimum absolute atomic E-state index is 0.0627. The van der Waals surface area contributed by atoms with E-state index in [-0.39, 0.29) is 23.8 Å². The van der Waals surface area contributed by atoms with Crippen molar-refractivity contribution in [3.05, 3.63) is 84.1 Å². The lowest BCUT2D eigenvalue weighted by molar-refractivity contribution is 0.101. The molecular weight excluding hydrogens is 352 g/mol. The first-order valence-electron chi connectivity index (χ1n) is 8.00. The molecule has 0 amide bonds. The van der Waals surface area contributed by atoms with Crippen LogP contribution in [0.25, 0.3) is 0 Å². The van der Waals surface area contributed by atoms with E-state index in [1.54, 1.807) is 48.7 Å². The molecule has 3 aromatic rings. The average molecular weight is 370 g/mol. The molecule has 0 aliphatic rings. The number of sulfonamides is 1. The van der Waals surface area contributed by atoms with Gasteiger partial charge in [-0.05, 0) is 43.3 Å². The van der Waals surface area contributed by atoms with Crippen LogP contribution in [0.5, 0.6) is 0 Å². The van der Waals surface area contributed by atoms with E-state index >= 15 is 0 Å². The lowest BCUT2D eigenvalue weighted by Crippen LogP contribution is -2.30. The van der Waals surface area contributed by atoms with Crippen molar-refractivity contribution >= 4 is 15.8 Å². The number of hydrogen-bond acceptors (Lipinski definition) is 5. The number of nitrogens with zero attached hydrogens (tertiary/aromatic N) is 2. The lowest BCUT2D eigenvalue weighted by Gasteiger charge is -2.21. The highest BCUT2D eigenvalue weighted by Gasteiger charge is 2.26. The largest absolute Gasteiger partial charge is 0.468 e. The maximum Gasteiger partial charge on any atom is 0.243 e. The fourth-order valence-electron chi connectivity index (χ4n) is 2.50. The molecule has 26 heavy (non-hydrogen) atoms. The maximum absolute atomic E-state index is 13.2. The first-order chi connectivity index (χ1) is 12.5. The molecule has 0 saturated carbocycles. The van der Waals surface area contributed by atoms with Crippen molar-refractivity contribution in [3.8, 4) is 0 Å². The normalized spacial score (nSPS) is 11.6. The Bertz CT molecular complexity index is 983. The highest BCUT2D eigenvalue weighted by atomic mass is 32.2. The summed E-state index contributed by atoms with van der Waals surface area (Å²) in [5.74, 6) is 0.330. The summed E-state index contributed by atoms with van der Waals surface area (Å²) in [4.78, 5) is 15.9. The van der Waals surface area contributed by atoms with Crippen LogP contribution in [0.1, 0.15) is 28.7 Å². The van der Waals surface area contributed by atoms with Crippen LogP contribution >= 0.6 is 0 Å². The predicted octanol–water partition coefficient (Wildman–Crippen LogP) is 3.27. The van der Waals surface area contributed by atoms with Crippen LogP contribution in [0.15, 0.2) is 76.4 Å². The zero-order valence-electron chi connectivity index (χ0n) is 14.2. The topological polar surface area (TPSA) is 80.5 Å². The van der Waals surface area contributed by atoms with E-state index in [9.17, 15) is 13.2 Å². The molecule has 0 aliphatic heterocycles. The summed E-state index contributed by atoms with van der Waals surface area (Å²) in [7, 11) is -3.85. The Labute approximate surface area is 152 Å². The van der Waals surface area contributed by atoms with Crippen molar-refractivity contribution in [3.63, 3.8) is 0 Å². The van der Waals surface area contributed by atoms with Gasteiger partial charge in [-0.1, -0.05) is 18.2 Å². The summed E-state index contributed by atoms with van der Waals surface area (Å²) < 4.78 is 33.0. The Hall–Kier alpha value is -2.77. The molecule has 0 spiro atoms. The Morgan fingerprint density at radius 1 is 1.08 bits per heavy atom. The number of ketones is 1. The van der Waals surface area contributed by atoms with E-state index < -0.39 is 10.0 Å². The molecule has 2 heterocycles. The van der Waals surface area contributed by atoms with Crippen molar-refractivity contribution in [2.24, 2.45) is 0 Å². The zero-order chi connectivity index (χ0) is 18.6. The summed E-state index contributed by atoms with van der Waals surface area (Å²) in [6.07, 6.45) is 3.11. The molecule has 2 aromatic heterocycles. The zero-order valence-corrected chi connectivity index (χ0v) is 15.0. The number of carbonyl (C=O) groups is 1. The number of rotatable bonds is 7. The van der Waals surface area contributed by atoms with Crippen LogP contribution in [0.4, 0.5) is 0 Å². The van der Waals surface area contributed by atoms with Gasteiger partial charge in [-0.15, -0.1) is 0 Å². The molecule has 0 fully saturated rings. The van der Waals surface area contributed by atoms with Gasteiger partial charge in [0.05, 0.1) is 29.9 Å². The van der Waals surface area contributed by atoms with Gasteiger partial charge in [-0.3, -0.25) is 9.78 Å². The SMILES string of the molecule is CC(=O)c1cccc(S(=O)(=O)N(Cc2ccccn2)Cc2ccco2)c1. The molecule has 0 atom stereocenters. The van der Waals surface area contributed by atoms with E-state index in [4.69, 9.17) is 4.42 Å². The van der Waals surface area contributed by atoms with Gasteiger partial charge in [-0.2, -0.15) is 4.31 Å².